The second kappa shape index (κ2) is 7.75. The smallest absolute Gasteiger partial charge is 0.231 e. The van der Waals surface area contributed by atoms with Crippen molar-refractivity contribution in [2.75, 3.05) is 46.9 Å². The van der Waals surface area contributed by atoms with Crippen LogP contribution in [-0.4, -0.2) is 74.7 Å². The summed E-state index contributed by atoms with van der Waals surface area (Å²) in [6, 6.07) is 0.984. The summed E-state index contributed by atoms with van der Waals surface area (Å²) in [6.07, 6.45) is 3.94. The van der Waals surface area contributed by atoms with Gasteiger partial charge in [-0.3, -0.25) is 4.79 Å². The molecule has 0 radical (unpaired) electrons. The standard InChI is InChI=1S/C17H33N3O2/c1-14(2)20-11-5-15(6-12-20)19(3)16(21)17(13-22-4)7-9-18-10-8-17/h14-15,18H,5-13H2,1-4H3. The Morgan fingerprint density at radius 2 is 1.91 bits per heavy atom. The van der Waals surface area contributed by atoms with Gasteiger partial charge in [-0.25, -0.2) is 0 Å². The minimum absolute atomic E-state index is 0.291. The molecule has 0 saturated carbocycles. The van der Waals surface area contributed by atoms with E-state index >= 15 is 0 Å². The Hall–Kier alpha value is -0.650. The van der Waals surface area contributed by atoms with Gasteiger partial charge in [-0.05, 0) is 52.6 Å². The van der Waals surface area contributed by atoms with Crippen molar-refractivity contribution in [1.29, 1.82) is 0 Å². The van der Waals surface area contributed by atoms with Crippen molar-refractivity contribution in [3.05, 3.63) is 0 Å². The third-order valence-corrected chi connectivity index (χ3v) is 5.53. The molecule has 0 aromatic carbocycles. The number of likely N-dealkylation sites (tertiary alicyclic amines) is 1. The molecule has 5 nitrogen and oxygen atoms in total. The molecule has 128 valence electrons. The van der Waals surface area contributed by atoms with Crippen molar-refractivity contribution >= 4 is 5.91 Å². The van der Waals surface area contributed by atoms with Crippen molar-refractivity contribution in [2.45, 2.75) is 51.6 Å². The lowest BCUT2D eigenvalue weighted by molar-refractivity contribution is -0.149. The monoisotopic (exact) mass is 311 g/mol. The van der Waals surface area contributed by atoms with Crippen molar-refractivity contribution in [2.24, 2.45) is 5.41 Å². The van der Waals surface area contributed by atoms with E-state index in [1.165, 1.54) is 0 Å². The van der Waals surface area contributed by atoms with Crippen molar-refractivity contribution < 1.29 is 9.53 Å². The molecule has 0 atom stereocenters. The fraction of sp³-hybridized carbons (Fsp3) is 0.941. The number of hydrogen-bond acceptors (Lipinski definition) is 4. The quantitative estimate of drug-likeness (QED) is 0.832. The molecular formula is C17H33N3O2. The van der Waals surface area contributed by atoms with E-state index in [2.05, 4.69) is 24.1 Å². The first-order valence-corrected chi connectivity index (χ1v) is 8.71. The molecule has 0 spiro atoms. The van der Waals surface area contributed by atoms with Crippen LogP contribution in [0.25, 0.3) is 0 Å². The summed E-state index contributed by atoms with van der Waals surface area (Å²) in [5, 5.41) is 3.36. The van der Waals surface area contributed by atoms with Gasteiger partial charge in [0.25, 0.3) is 0 Å². The number of hydrogen-bond donors (Lipinski definition) is 1. The van der Waals surface area contributed by atoms with Gasteiger partial charge in [-0.2, -0.15) is 0 Å². The van der Waals surface area contributed by atoms with Gasteiger partial charge in [0, 0.05) is 39.3 Å². The summed E-state index contributed by atoms with van der Waals surface area (Å²) < 4.78 is 5.41. The maximum Gasteiger partial charge on any atom is 0.231 e. The van der Waals surface area contributed by atoms with Crippen LogP contribution in [-0.2, 0) is 9.53 Å². The van der Waals surface area contributed by atoms with Gasteiger partial charge < -0.3 is 19.9 Å². The number of ether oxygens (including phenoxy) is 1. The minimum atomic E-state index is -0.316. The lowest BCUT2D eigenvalue weighted by Crippen LogP contribution is -2.55. The van der Waals surface area contributed by atoms with Gasteiger partial charge >= 0.3 is 0 Å². The molecule has 0 aliphatic carbocycles. The highest BCUT2D eigenvalue weighted by molar-refractivity contribution is 5.83. The van der Waals surface area contributed by atoms with Crippen LogP contribution in [0.15, 0.2) is 0 Å². The highest BCUT2D eigenvalue weighted by Crippen LogP contribution is 2.33. The molecule has 2 rings (SSSR count). The maximum absolute atomic E-state index is 13.1. The summed E-state index contributed by atoms with van der Waals surface area (Å²) in [7, 11) is 3.70. The van der Waals surface area contributed by atoms with Crippen molar-refractivity contribution in [3.8, 4) is 0 Å². The molecule has 0 bridgehead atoms. The topological polar surface area (TPSA) is 44.8 Å². The Bertz CT molecular complexity index is 353. The van der Waals surface area contributed by atoms with E-state index in [1.54, 1.807) is 7.11 Å². The molecular weight excluding hydrogens is 278 g/mol. The summed E-state index contributed by atoms with van der Waals surface area (Å²) >= 11 is 0. The predicted molar refractivity (Wildman–Crippen MR) is 88.9 cm³/mol. The first kappa shape index (κ1) is 17.7. The summed E-state index contributed by atoms with van der Waals surface area (Å²) in [5.41, 5.74) is -0.316. The third kappa shape index (κ3) is 3.81. The van der Waals surface area contributed by atoms with Crippen LogP contribution in [0.3, 0.4) is 0 Å². The number of amides is 1. The van der Waals surface area contributed by atoms with Crippen LogP contribution in [0, 0.1) is 5.41 Å². The fourth-order valence-corrected chi connectivity index (χ4v) is 3.93. The Labute approximate surface area is 135 Å². The number of rotatable bonds is 5. The highest BCUT2D eigenvalue weighted by atomic mass is 16.5. The number of piperidine rings is 2. The molecule has 0 aromatic heterocycles. The van der Waals surface area contributed by atoms with E-state index in [1.807, 2.05) is 11.9 Å². The van der Waals surface area contributed by atoms with Gasteiger partial charge in [-0.1, -0.05) is 0 Å². The maximum atomic E-state index is 13.1. The van der Waals surface area contributed by atoms with Gasteiger partial charge in [-0.15, -0.1) is 0 Å². The second-order valence-electron chi connectivity index (χ2n) is 7.24. The van der Waals surface area contributed by atoms with E-state index in [9.17, 15) is 4.79 Å². The van der Waals surface area contributed by atoms with Crippen molar-refractivity contribution in [1.82, 2.24) is 15.1 Å². The summed E-state index contributed by atoms with van der Waals surface area (Å²) in [4.78, 5) is 17.7. The summed E-state index contributed by atoms with van der Waals surface area (Å²) in [5.74, 6) is 0.291. The largest absolute Gasteiger partial charge is 0.384 e. The Kier molecular flexibility index (Phi) is 6.24. The third-order valence-electron chi connectivity index (χ3n) is 5.53. The van der Waals surface area contributed by atoms with E-state index in [-0.39, 0.29) is 5.41 Å². The van der Waals surface area contributed by atoms with Crippen LogP contribution < -0.4 is 5.32 Å². The van der Waals surface area contributed by atoms with Gasteiger partial charge in [0.1, 0.15) is 0 Å². The number of carbonyl (C=O) groups excluding carboxylic acids is 1. The number of nitrogens with one attached hydrogen (secondary N) is 1. The molecule has 5 heteroatoms. The number of nitrogens with zero attached hydrogens (tertiary/aromatic N) is 2. The lowest BCUT2D eigenvalue weighted by Gasteiger charge is -2.43. The Morgan fingerprint density at radius 3 is 2.41 bits per heavy atom. The van der Waals surface area contributed by atoms with Crippen LogP contribution >= 0.6 is 0 Å². The lowest BCUT2D eigenvalue weighted by atomic mass is 9.78. The molecule has 2 heterocycles. The van der Waals surface area contributed by atoms with Gasteiger partial charge in [0.05, 0.1) is 12.0 Å². The van der Waals surface area contributed by atoms with E-state index in [0.29, 0.717) is 24.6 Å². The van der Waals surface area contributed by atoms with Crippen LogP contribution in [0.5, 0.6) is 0 Å². The molecule has 1 amide bonds. The number of carbonyl (C=O) groups is 1. The van der Waals surface area contributed by atoms with Crippen LogP contribution in [0.2, 0.25) is 0 Å². The molecule has 2 aliphatic rings. The fourth-order valence-electron chi connectivity index (χ4n) is 3.93. The van der Waals surface area contributed by atoms with Gasteiger partial charge in [0.15, 0.2) is 0 Å². The average molecular weight is 311 g/mol. The normalized spacial score (nSPS) is 23.7. The van der Waals surface area contributed by atoms with E-state index in [4.69, 9.17) is 4.74 Å². The second-order valence-corrected chi connectivity index (χ2v) is 7.24. The molecule has 0 aromatic rings. The SMILES string of the molecule is COCC1(C(=O)N(C)C2CCN(C(C)C)CC2)CCNCC1. The zero-order valence-electron chi connectivity index (χ0n) is 14.7. The van der Waals surface area contributed by atoms with Crippen LogP contribution in [0.4, 0.5) is 0 Å². The number of methoxy groups -OCH3 is 1. The minimum Gasteiger partial charge on any atom is -0.384 e. The van der Waals surface area contributed by atoms with Gasteiger partial charge in [0.2, 0.25) is 5.91 Å². The van der Waals surface area contributed by atoms with E-state index < -0.39 is 0 Å². The molecule has 2 saturated heterocycles. The molecule has 2 fully saturated rings. The Balaban J connectivity index is 1.98. The first-order chi connectivity index (χ1) is 10.5. The van der Waals surface area contributed by atoms with E-state index in [0.717, 1.165) is 51.9 Å². The summed E-state index contributed by atoms with van der Waals surface area (Å²) in [6.45, 7) is 9.05. The zero-order chi connectivity index (χ0) is 16.2. The molecule has 22 heavy (non-hydrogen) atoms. The molecule has 2 aliphatic heterocycles. The predicted octanol–water partition coefficient (Wildman–Crippen LogP) is 1.33. The average Bonchev–Trinajstić information content (AvgIpc) is 2.54. The molecule has 1 N–H and O–H groups in total. The first-order valence-electron chi connectivity index (χ1n) is 8.71. The zero-order valence-corrected chi connectivity index (χ0v) is 14.7. The Morgan fingerprint density at radius 1 is 1.32 bits per heavy atom. The van der Waals surface area contributed by atoms with Crippen LogP contribution in [0.1, 0.15) is 39.5 Å². The van der Waals surface area contributed by atoms with Crippen molar-refractivity contribution in [3.63, 3.8) is 0 Å². The molecule has 0 unspecified atom stereocenters. The highest BCUT2D eigenvalue weighted by Gasteiger charge is 2.43.